The number of morpholine rings is 1. The highest BCUT2D eigenvalue weighted by Crippen LogP contribution is 2.25. The van der Waals surface area contributed by atoms with E-state index in [-0.39, 0.29) is 18.4 Å². The lowest BCUT2D eigenvalue weighted by Crippen LogP contribution is -2.44. The summed E-state index contributed by atoms with van der Waals surface area (Å²) >= 11 is 0. The fourth-order valence-electron chi connectivity index (χ4n) is 3.70. The predicted molar refractivity (Wildman–Crippen MR) is 117 cm³/mol. The molecule has 1 fully saturated rings. The zero-order valence-electron chi connectivity index (χ0n) is 17.7. The van der Waals surface area contributed by atoms with Crippen LogP contribution in [0.15, 0.2) is 60.8 Å². The van der Waals surface area contributed by atoms with Crippen LogP contribution in [0.3, 0.4) is 0 Å². The Kier molecular flexibility index (Phi) is 6.58. The molecule has 2 heterocycles. The molecule has 1 atom stereocenters. The van der Waals surface area contributed by atoms with Crippen molar-refractivity contribution in [3.63, 3.8) is 0 Å². The Bertz CT molecular complexity index is 1080. The number of aromatic nitrogens is 2. The lowest BCUT2D eigenvalue weighted by Gasteiger charge is -2.32. The third kappa shape index (κ3) is 5.19. The van der Waals surface area contributed by atoms with Crippen LogP contribution in [0.5, 0.6) is 0 Å². The molecular formula is C23H24N4O5. The third-order valence-corrected chi connectivity index (χ3v) is 5.27. The van der Waals surface area contributed by atoms with Crippen LogP contribution in [-0.4, -0.2) is 58.0 Å². The molecule has 0 amide bonds. The number of nitro groups is 1. The molecule has 1 unspecified atom stereocenters. The second-order valence-corrected chi connectivity index (χ2v) is 7.68. The highest BCUT2D eigenvalue weighted by Gasteiger charge is 2.24. The number of ether oxygens (including phenoxy) is 2. The summed E-state index contributed by atoms with van der Waals surface area (Å²) < 4.78 is 12.9. The first kappa shape index (κ1) is 21.7. The normalized spacial score (nSPS) is 16.6. The van der Waals surface area contributed by atoms with Gasteiger partial charge in [0, 0.05) is 50.6 Å². The van der Waals surface area contributed by atoms with Crippen molar-refractivity contribution in [1.82, 2.24) is 14.7 Å². The number of carbonyl (C=O) groups excluding carboxylic acids is 1. The van der Waals surface area contributed by atoms with Gasteiger partial charge in [-0.25, -0.2) is 4.79 Å². The molecule has 1 aliphatic rings. The van der Waals surface area contributed by atoms with E-state index in [1.807, 2.05) is 18.2 Å². The van der Waals surface area contributed by atoms with Gasteiger partial charge in [0.25, 0.3) is 5.69 Å². The van der Waals surface area contributed by atoms with Gasteiger partial charge in [0.05, 0.1) is 11.5 Å². The fourth-order valence-corrected chi connectivity index (χ4v) is 3.70. The van der Waals surface area contributed by atoms with Gasteiger partial charge in [-0.05, 0) is 17.7 Å². The summed E-state index contributed by atoms with van der Waals surface area (Å²) in [5.41, 5.74) is 2.53. The Balaban J connectivity index is 1.38. The number of carbonyl (C=O) groups is 1. The van der Waals surface area contributed by atoms with Crippen LogP contribution < -0.4 is 0 Å². The predicted octanol–water partition coefficient (Wildman–Crippen LogP) is 3.05. The molecule has 32 heavy (non-hydrogen) atoms. The standard InChI is InChI=1S/C23H24N4O5/c1-25-15-21(22(24-25)18-7-9-19(10-8-18)27(29)30)23(28)32-16-20-14-26(11-12-31-20)13-17-5-3-2-4-6-17/h2-10,15,20H,11-14,16H2,1H3. The summed E-state index contributed by atoms with van der Waals surface area (Å²) in [5, 5.41) is 15.2. The number of hydrogen-bond donors (Lipinski definition) is 0. The number of benzene rings is 2. The van der Waals surface area contributed by atoms with Crippen LogP contribution in [0.25, 0.3) is 11.3 Å². The highest BCUT2D eigenvalue weighted by atomic mass is 16.6. The van der Waals surface area contributed by atoms with Gasteiger partial charge in [-0.2, -0.15) is 5.10 Å². The lowest BCUT2D eigenvalue weighted by atomic mass is 10.1. The van der Waals surface area contributed by atoms with Crippen LogP contribution >= 0.6 is 0 Å². The van der Waals surface area contributed by atoms with Gasteiger partial charge < -0.3 is 9.47 Å². The van der Waals surface area contributed by atoms with E-state index in [4.69, 9.17) is 9.47 Å². The van der Waals surface area contributed by atoms with Gasteiger partial charge in [-0.15, -0.1) is 0 Å². The topological polar surface area (TPSA) is 99.7 Å². The highest BCUT2D eigenvalue weighted by molar-refractivity contribution is 5.96. The molecule has 0 bridgehead atoms. The molecule has 0 saturated carbocycles. The Hall–Kier alpha value is -3.56. The van der Waals surface area contributed by atoms with Crippen molar-refractivity contribution in [3.8, 4) is 11.3 Å². The Morgan fingerprint density at radius 1 is 1.22 bits per heavy atom. The van der Waals surface area contributed by atoms with Crippen molar-refractivity contribution in [1.29, 1.82) is 0 Å². The molecule has 1 aliphatic heterocycles. The molecule has 9 nitrogen and oxygen atoms in total. The molecule has 166 valence electrons. The van der Waals surface area contributed by atoms with Crippen LogP contribution in [0.2, 0.25) is 0 Å². The second kappa shape index (κ2) is 9.71. The van der Waals surface area contributed by atoms with Gasteiger partial charge in [0.2, 0.25) is 0 Å². The minimum absolute atomic E-state index is 0.0247. The maximum Gasteiger partial charge on any atom is 0.342 e. The molecule has 0 radical (unpaired) electrons. The molecule has 3 aromatic rings. The van der Waals surface area contributed by atoms with E-state index in [1.165, 1.54) is 22.4 Å². The Labute approximate surface area is 185 Å². The monoisotopic (exact) mass is 436 g/mol. The number of nitrogens with zero attached hydrogens (tertiary/aromatic N) is 4. The van der Waals surface area contributed by atoms with Crippen molar-refractivity contribution >= 4 is 11.7 Å². The molecule has 0 aliphatic carbocycles. The first-order valence-electron chi connectivity index (χ1n) is 10.3. The SMILES string of the molecule is Cn1cc(C(=O)OCC2CN(Cc3ccccc3)CCO2)c(-c2ccc([N+](=O)[O-])cc2)n1. The summed E-state index contributed by atoms with van der Waals surface area (Å²) in [6, 6.07) is 16.1. The average Bonchev–Trinajstić information content (AvgIpc) is 3.20. The largest absolute Gasteiger partial charge is 0.459 e. The van der Waals surface area contributed by atoms with Crippen molar-refractivity contribution in [3.05, 3.63) is 82.0 Å². The van der Waals surface area contributed by atoms with Gasteiger partial charge >= 0.3 is 5.97 Å². The summed E-state index contributed by atoms with van der Waals surface area (Å²) in [5.74, 6) is -0.504. The van der Waals surface area contributed by atoms with Crippen LogP contribution in [0.4, 0.5) is 5.69 Å². The summed E-state index contributed by atoms with van der Waals surface area (Å²) in [4.78, 5) is 25.5. The maximum atomic E-state index is 12.8. The zero-order valence-corrected chi connectivity index (χ0v) is 17.7. The van der Waals surface area contributed by atoms with Crippen molar-refractivity contribution in [2.75, 3.05) is 26.3 Å². The number of rotatable bonds is 7. The van der Waals surface area contributed by atoms with Gasteiger partial charge in [0.15, 0.2) is 0 Å². The van der Waals surface area contributed by atoms with Gasteiger partial charge in [0.1, 0.15) is 24.0 Å². The minimum atomic E-state index is -0.504. The number of nitro benzene ring substituents is 1. The second-order valence-electron chi connectivity index (χ2n) is 7.68. The number of esters is 1. The molecular weight excluding hydrogens is 412 g/mol. The van der Waals surface area contributed by atoms with Crippen LogP contribution in [0.1, 0.15) is 15.9 Å². The van der Waals surface area contributed by atoms with Crippen LogP contribution in [-0.2, 0) is 23.1 Å². The number of non-ortho nitro benzene ring substituents is 1. The quantitative estimate of drug-likeness (QED) is 0.319. The summed E-state index contributed by atoms with van der Waals surface area (Å²) in [6.45, 7) is 3.03. The molecule has 9 heteroatoms. The van der Waals surface area contributed by atoms with E-state index >= 15 is 0 Å². The van der Waals surface area contributed by atoms with Crippen molar-refractivity contribution in [2.45, 2.75) is 12.6 Å². The molecule has 0 N–H and O–H groups in total. The molecule has 2 aromatic carbocycles. The molecule has 1 aromatic heterocycles. The third-order valence-electron chi connectivity index (χ3n) is 5.27. The Morgan fingerprint density at radius 3 is 2.69 bits per heavy atom. The average molecular weight is 436 g/mol. The maximum absolute atomic E-state index is 12.8. The summed E-state index contributed by atoms with van der Waals surface area (Å²) in [6.07, 6.45) is 1.37. The number of aryl methyl sites for hydroxylation is 1. The summed E-state index contributed by atoms with van der Waals surface area (Å²) in [7, 11) is 1.71. The van der Waals surface area contributed by atoms with E-state index in [0.717, 1.165) is 13.1 Å². The van der Waals surface area contributed by atoms with E-state index in [2.05, 4.69) is 22.1 Å². The van der Waals surface area contributed by atoms with Crippen LogP contribution in [0, 0.1) is 10.1 Å². The Morgan fingerprint density at radius 2 is 1.97 bits per heavy atom. The first-order chi connectivity index (χ1) is 15.5. The van der Waals surface area contributed by atoms with Gasteiger partial charge in [-0.1, -0.05) is 30.3 Å². The first-order valence-corrected chi connectivity index (χ1v) is 10.3. The van der Waals surface area contributed by atoms with E-state index in [9.17, 15) is 14.9 Å². The van der Waals surface area contributed by atoms with E-state index in [0.29, 0.717) is 30.0 Å². The number of hydrogen-bond acceptors (Lipinski definition) is 7. The lowest BCUT2D eigenvalue weighted by molar-refractivity contribution is -0.384. The van der Waals surface area contributed by atoms with E-state index in [1.54, 1.807) is 25.4 Å². The molecule has 1 saturated heterocycles. The zero-order chi connectivity index (χ0) is 22.5. The van der Waals surface area contributed by atoms with Crippen molar-refractivity contribution in [2.24, 2.45) is 7.05 Å². The van der Waals surface area contributed by atoms with Crippen molar-refractivity contribution < 1.29 is 19.2 Å². The minimum Gasteiger partial charge on any atom is -0.459 e. The van der Waals surface area contributed by atoms with Gasteiger partial charge in [-0.3, -0.25) is 19.7 Å². The smallest absolute Gasteiger partial charge is 0.342 e. The fraction of sp³-hybridized carbons (Fsp3) is 0.304. The molecule has 0 spiro atoms. The van der Waals surface area contributed by atoms with E-state index < -0.39 is 10.9 Å². The molecule has 4 rings (SSSR count).